The van der Waals surface area contributed by atoms with E-state index in [0.29, 0.717) is 6.61 Å². The second kappa shape index (κ2) is 8.65. The van der Waals surface area contributed by atoms with Gasteiger partial charge < -0.3 is 14.5 Å². The van der Waals surface area contributed by atoms with Crippen LogP contribution in [-0.2, 0) is 6.61 Å². The van der Waals surface area contributed by atoms with Gasteiger partial charge in [0.25, 0.3) is 5.69 Å². The molecule has 0 spiro atoms. The van der Waals surface area contributed by atoms with Crippen molar-refractivity contribution in [1.29, 1.82) is 0 Å². The highest BCUT2D eigenvalue weighted by Crippen LogP contribution is 2.24. The van der Waals surface area contributed by atoms with Crippen LogP contribution in [0.1, 0.15) is 5.56 Å². The number of rotatable bonds is 6. The quantitative estimate of drug-likeness (QED) is 0.459. The monoisotopic (exact) mass is 389 g/mol. The summed E-state index contributed by atoms with van der Waals surface area (Å²) in [6.07, 6.45) is 0. The number of anilines is 2. The van der Waals surface area contributed by atoms with Gasteiger partial charge in [-0.25, -0.2) is 0 Å². The van der Waals surface area contributed by atoms with E-state index in [4.69, 9.17) is 4.74 Å². The molecule has 0 radical (unpaired) electrons. The molecule has 1 heterocycles. The van der Waals surface area contributed by atoms with Crippen molar-refractivity contribution in [2.75, 3.05) is 36.0 Å². The average molecular weight is 389 g/mol. The number of piperazine rings is 1. The van der Waals surface area contributed by atoms with E-state index in [1.54, 1.807) is 12.1 Å². The molecule has 1 fully saturated rings. The summed E-state index contributed by atoms with van der Waals surface area (Å²) in [5.74, 6) is 0.863. The molecular weight excluding hydrogens is 366 g/mol. The standard InChI is InChI=1S/C23H23N3O3/c27-26(28)22-8-6-20(7-9-22)24-14-16-25(17-15-24)21-10-12-23(13-11-21)29-18-19-4-2-1-3-5-19/h1-13H,14-18H2. The van der Waals surface area contributed by atoms with Crippen LogP contribution in [0.4, 0.5) is 17.1 Å². The summed E-state index contributed by atoms with van der Waals surface area (Å²) in [5, 5.41) is 10.8. The molecule has 148 valence electrons. The molecule has 3 aromatic rings. The van der Waals surface area contributed by atoms with Gasteiger partial charge in [0, 0.05) is 49.7 Å². The van der Waals surface area contributed by atoms with Gasteiger partial charge in [0.05, 0.1) is 4.92 Å². The maximum atomic E-state index is 10.8. The zero-order valence-electron chi connectivity index (χ0n) is 16.1. The molecule has 0 N–H and O–H groups in total. The van der Waals surface area contributed by atoms with Gasteiger partial charge in [-0.2, -0.15) is 0 Å². The van der Waals surface area contributed by atoms with Gasteiger partial charge in [-0.1, -0.05) is 30.3 Å². The summed E-state index contributed by atoms with van der Waals surface area (Å²) in [6.45, 7) is 4.13. The van der Waals surface area contributed by atoms with Crippen LogP contribution in [0.25, 0.3) is 0 Å². The van der Waals surface area contributed by atoms with Crippen LogP contribution in [-0.4, -0.2) is 31.1 Å². The summed E-state index contributed by atoms with van der Waals surface area (Å²) < 4.78 is 5.86. The van der Waals surface area contributed by atoms with Gasteiger partial charge in [-0.3, -0.25) is 10.1 Å². The van der Waals surface area contributed by atoms with Crippen molar-refractivity contribution >= 4 is 17.1 Å². The van der Waals surface area contributed by atoms with Crippen LogP contribution in [0.3, 0.4) is 0 Å². The molecule has 0 unspecified atom stereocenters. The zero-order chi connectivity index (χ0) is 20.1. The first kappa shape index (κ1) is 18.8. The number of hydrogen-bond donors (Lipinski definition) is 0. The first-order chi connectivity index (χ1) is 14.2. The first-order valence-electron chi connectivity index (χ1n) is 9.70. The topological polar surface area (TPSA) is 58.9 Å². The fourth-order valence-electron chi connectivity index (χ4n) is 3.50. The minimum absolute atomic E-state index is 0.127. The molecule has 3 aromatic carbocycles. The Balaban J connectivity index is 1.30. The predicted molar refractivity (Wildman–Crippen MR) is 115 cm³/mol. The molecule has 0 amide bonds. The highest BCUT2D eigenvalue weighted by molar-refractivity contribution is 5.54. The molecule has 1 saturated heterocycles. The van der Waals surface area contributed by atoms with Crippen LogP contribution >= 0.6 is 0 Å². The lowest BCUT2D eigenvalue weighted by Crippen LogP contribution is -2.46. The third-order valence-corrected chi connectivity index (χ3v) is 5.16. The second-order valence-electron chi connectivity index (χ2n) is 7.02. The predicted octanol–water partition coefficient (Wildman–Crippen LogP) is 4.50. The van der Waals surface area contributed by atoms with Crippen LogP contribution in [0.15, 0.2) is 78.9 Å². The lowest BCUT2D eigenvalue weighted by atomic mass is 10.2. The number of ether oxygens (including phenoxy) is 1. The number of hydrogen-bond acceptors (Lipinski definition) is 5. The van der Waals surface area contributed by atoms with Crippen LogP contribution in [0.2, 0.25) is 0 Å². The number of non-ortho nitro benzene ring substituents is 1. The minimum Gasteiger partial charge on any atom is -0.489 e. The van der Waals surface area contributed by atoms with E-state index >= 15 is 0 Å². The Hall–Kier alpha value is -3.54. The molecule has 0 aromatic heterocycles. The molecule has 29 heavy (non-hydrogen) atoms. The smallest absolute Gasteiger partial charge is 0.269 e. The van der Waals surface area contributed by atoms with Gasteiger partial charge >= 0.3 is 0 Å². The van der Waals surface area contributed by atoms with E-state index in [0.717, 1.165) is 43.2 Å². The van der Waals surface area contributed by atoms with E-state index in [2.05, 4.69) is 34.1 Å². The second-order valence-corrected chi connectivity index (χ2v) is 7.02. The first-order valence-corrected chi connectivity index (χ1v) is 9.70. The summed E-state index contributed by atoms with van der Waals surface area (Å²) in [7, 11) is 0. The van der Waals surface area contributed by atoms with Crippen LogP contribution in [0.5, 0.6) is 5.75 Å². The Morgan fingerprint density at radius 2 is 1.28 bits per heavy atom. The molecule has 4 rings (SSSR count). The van der Waals surface area contributed by atoms with Crippen molar-refractivity contribution in [3.63, 3.8) is 0 Å². The highest BCUT2D eigenvalue weighted by atomic mass is 16.6. The fraction of sp³-hybridized carbons (Fsp3) is 0.217. The summed E-state index contributed by atoms with van der Waals surface area (Å²) in [6, 6.07) is 25.1. The minimum atomic E-state index is -0.366. The number of benzene rings is 3. The molecule has 0 aliphatic carbocycles. The average Bonchev–Trinajstić information content (AvgIpc) is 2.79. The largest absolute Gasteiger partial charge is 0.489 e. The fourth-order valence-corrected chi connectivity index (χ4v) is 3.50. The molecule has 0 bridgehead atoms. The van der Waals surface area contributed by atoms with E-state index in [-0.39, 0.29) is 10.6 Å². The van der Waals surface area contributed by atoms with Crippen molar-refractivity contribution < 1.29 is 9.66 Å². The van der Waals surface area contributed by atoms with Gasteiger partial charge in [0.1, 0.15) is 12.4 Å². The molecule has 0 atom stereocenters. The lowest BCUT2D eigenvalue weighted by Gasteiger charge is -2.37. The van der Waals surface area contributed by atoms with Crippen molar-refractivity contribution in [3.05, 3.63) is 94.5 Å². The maximum Gasteiger partial charge on any atom is 0.269 e. The zero-order valence-corrected chi connectivity index (χ0v) is 16.1. The number of nitro groups is 1. The van der Waals surface area contributed by atoms with Gasteiger partial charge in [0.15, 0.2) is 0 Å². The summed E-state index contributed by atoms with van der Waals surface area (Å²) in [5.41, 5.74) is 3.49. The van der Waals surface area contributed by atoms with Crippen molar-refractivity contribution in [3.8, 4) is 5.75 Å². The molecule has 1 aliphatic rings. The van der Waals surface area contributed by atoms with E-state index in [1.165, 1.54) is 5.69 Å². The van der Waals surface area contributed by atoms with E-state index in [1.807, 2.05) is 42.5 Å². The normalized spacial score (nSPS) is 13.9. The third-order valence-electron chi connectivity index (χ3n) is 5.16. The molecule has 1 aliphatic heterocycles. The van der Waals surface area contributed by atoms with Crippen molar-refractivity contribution in [2.45, 2.75) is 6.61 Å². The van der Waals surface area contributed by atoms with Crippen molar-refractivity contribution in [1.82, 2.24) is 0 Å². The highest BCUT2D eigenvalue weighted by Gasteiger charge is 2.18. The maximum absolute atomic E-state index is 10.8. The Kier molecular flexibility index (Phi) is 5.61. The van der Waals surface area contributed by atoms with Gasteiger partial charge in [0.2, 0.25) is 0 Å². The molecular formula is C23H23N3O3. The van der Waals surface area contributed by atoms with Crippen LogP contribution < -0.4 is 14.5 Å². The molecule has 6 nitrogen and oxygen atoms in total. The van der Waals surface area contributed by atoms with Crippen molar-refractivity contribution in [2.24, 2.45) is 0 Å². The van der Waals surface area contributed by atoms with Gasteiger partial charge in [-0.15, -0.1) is 0 Å². The SMILES string of the molecule is O=[N+]([O-])c1ccc(N2CCN(c3ccc(OCc4ccccc4)cc3)CC2)cc1. The lowest BCUT2D eigenvalue weighted by molar-refractivity contribution is -0.384. The molecule has 6 heteroatoms. The summed E-state index contributed by atoms with van der Waals surface area (Å²) in [4.78, 5) is 15.0. The van der Waals surface area contributed by atoms with E-state index in [9.17, 15) is 10.1 Å². The Morgan fingerprint density at radius 1 is 0.759 bits per heavy atom. The Bertz CT molecular complexity index is 935. The van der Waals surface area contributed by atoms with Crippen LogP contribution in [0, 0.1) is 10.1 Å². The summed E-state index contributed by atoms with van der Waals surface area (Å²) >= 11 is 0. The third kappa shape index (κ3) is 4.66. The Labute approximate surface area is 170 Å². The number of nitro benzene ring substituents is 1. The van der Waals surface area contributed by atoms with Gasteiger partial charge in [-0.05, 0) is 42.0 Å². The molecule has 0 saturated carbocycles. The number of nitrogens with zero attached hydrogens (tertiary/aromatic N) is 3. The Morgan fingerprint density at radius 3 is 1.79 bits per heavy atom. The van der Waals surface area contributed by atoms with E-state index < -0.39 is 0 Å².